The number of rotatable bonds is 8. The van der Waals surface area contributed by atoms with Gasteiger partial charge < -0.3 is 25.7 Å². The Hall–Kier alpha value is -2.34. The zero-order chi connectivity index (χ0) is 16.7. The van der Waals surface area contributed by atoms with Crippen molar-refractivity contribution < 1.29 is 25.2 Å². The summed E-state index contributed by atoms with van der Waals surface area (Å²) in [6.45, 7) is -1.13. The van der Waals surface area contributed by atoms with Crippen molar-refractivity contribution >= 4 is 24.0 Å². The van der Waals surface area contributed by atoms with E-state index < -0.39 is 36.2 Å². The molecule has 122 valence electrons. The number of nitrogens with zero attached hydrogens (tertiary/aromatic N) is 1. The Bertz CT molecular complexity index is 638. The van der Waals surface area contributed by atoms with Crippen LogP contribution in [0.4, 0.5) is 11.5 Å². The molecule has 7 N–H and O–H groups in total. The van der Waals surface area contributed by atoms with Crippen molar-refractivity contribution in [3.63, 3.8) is 0 Å². The van der Waals surface area contributed by atoms with Gasteiger partial charge >= 0.3 is 5.69 Å². The summed E-state index contributed by atoms with van der Waals surface area (Å²) in [5.41, 5.74) is -2.02. The van der Waals surface area contributed by atoms with E-state index in [0.29, 0.717) is 6.29 Å². The van der Waals surface area contributed by atoms with Gasteiger partial charge in [-0.3, -0.25) is 19.6 Å². The molecule has 3 unspecified atom stereocenters. The van der Waals surface area contributed by atoms with Crippen molar-refractivity contribution in [1.29, 1.82) is 0 Å². The molecule has 0 spiro atoms. The second kappa shape index (κ2) is 8.19. The number of H-pyrrole nitrogens is 2. The van der Waals surface area contributed by atoms with E-state index in [2.05, 4.69) is 15.3 Å². The first-order valence-electron chi connectivity index (χ1n) is 6.14. The molecule has 0 aliphatic carbocycles. The van der Waals surface area contributed by atoms with Gasteiger partial charge in [-0.25, -0.2) is 9.79 Å². The minimum absolute atomic E-state index is 0.184. The van der Waals surface area contributed by atoms with Gasteiger partial charge in [0.1, 0.15) is 18.0 Å². The molecule has 22 heavy (non-hydrogen) atoms. The topological polar surface area (TPSA) is 188 Å². The number of aliphatic imine (C=N–C) groups is 1. The number of hydrogen-bond acceptors (Lipinski definition) is 9. The first-order chi connectivity index (χ1) is 10.4. The second-order valence-electron chi connectivity index (χ2n) is 4.23. The second-order valence-corrected chi connectivity index (χ2v) is 4.23. The molecule has 1 rings (SSSR count). The van der Waals surface area contributed by atoms with Gasteiger partial charge in [-0.05, 0) is 0 Å². The SMILES string of the molecule is O=CC=Nc1c(NCC(O)C(O)C(O)CO)[nH]c(=O)[nH]c1=O. The van der Waals surface area contributed by atoms with Gasteiger partial charge in [0, 0.05) is 6.54 Å². The Labute approximate surface area is 123 Å². The zero-order valence-electron chi connectivity index (χ0n) is 11.3. The van der Waals surface area contributed by atoms with Gasteiger partial charge in [-0.2, -0.15) is 0 Å². The van der Waals surface area contributed by atoms with E-state index >= 15 is 0 Å². The third kappa shape index (κ3) is 4.60. The highest BCUT2D eigenvalue weighted by Gasteiger charge is 2.24. The van der Waals surface area contributed by atoms with Crippen LogP contribution < -0.4 is 16.6 Å². The molecule has 11 heteroatoms. The summed E-state index contributed by atoms with van der Waals surface area (Å²) in [6, 6.07) is 0. The molecule has 0 bridgehead atoms. The fraction of sp³-hybridized carbons (Fsp3) is 0.455. The van der Waals surface area contributed by atoms with E-state index in [9.17, 15) is 29.7 Å². The van der Waals surface area contributed by atoms with Crippen molar-refractivity contribution in [3.8, 4) is 0 Å². The maximum Gasteiger partial charge on any atom is 0.327 e. The Morgan fingerprint density at radius 1 is 1.18 bits per heavy atom. The molecule has 0 saturated heterocycles. The number of aldehydes is 1. The number of nitrogens with one attached hydrogen (secondary N) is 3. The van der Waals surface area contributed by atoms with Crippen LogP contribution in [0.3, 0.4) is 0 Å². The molecule has 1 aromatic heterocycles. The van der Waals surface area contributed by atoms with Crippen LogP contribution in [-0.2, 0) is 4.79 Å². The van der Waals surface area contributed by atoms with Crippen molar-refractivity contribution in [3.05, 3.63) is 20.8 Å². The first kappa shape index (κ1) is 17.7. The maximum atomic E-state index is 11.6. The number of anilines is 1. The van der Waals surface area contributed by atoms with Crippen LogP contribution in [0.5, 0.6) is 0 Å². The first-order valence-corrected chi connectivity index (χ1v) is 6.14. The molecule has 0 aliphatic heterocycles. The van der Waals surface area contributed by atoms with Gasteiger partial charge in [-0.15, -0.1) is 0 Å². The molecule has 1 aromatic rings. The van der Waals surface area contributed by atoms with Crippen LogP contribution in [-0.4, -0.2) is 74.4 Å². The highest BCUT2D eigenvalue weighted by molar-refractivity contribution is 6.13. The van der Waals surface area contributed by atoms with Crippen LogP contribution in [0.15, 0.2) is 14.6 Å². The number of hydrogen-bond donors (Lipinski definition) is 7. The number of aliphatic hydroxyl groups is 4. The number of carbonyl (C=O) groups is 1. The highest BCUT2D eigenvalue weighted by atomic mass is 16.4. The summed E-state index contributed by atoms with van der Waals surface area (Å²) < 4.78 is 0. The third-order valence-corrected chi connectivity index (χ3v) is 2.65. The lowest BCUT2D eigenvalue weighted by Gasteiger charge is -2.22. The summed E-state index contributed by atoms with van der Waals surface area (Å²) >= 11 is 0. The monoisotopic (exact) mass is 316 g/mol. The third-order valence-electron chi connectivity index (χ3n) is 2.65. The molecule has 0 fully saturated rings. The van der Waals surface area contributed by atoms with Crippen LogP contribution in [0, 0.1) is 0 Å². The summed E-state index contributed by atoms with van der Waals surface area (Å²) in [5.74, 6) is -0.184. The Kier molecular flexibility index (Phi) is 6.59. The average Bonchev–Trinajstić information content (AvgIpc) is 2.49. The standard InChI is InChI=1S/C11H16N4O7/c16-2-1-12-7-9(14-11(22)15-10(7)21)13-3-5(18)8(20)6(19)4-17/h1-2,5-6,8,17-20H,3-4H2,(H3,13,14,15,21,22). The van der Waals surface area contributed by atoms with Gasteiger partial charge in [0.15, 0.2) is 12.0 Å². The molecular weight excluding hydrogens is 300 g/mol. The fourth-order valence-electron chi connectivity index (χ4n) is 1.53. The average molecular weight is 316 g/mol. The summed E-state index contributed by atoms with van der Waals surface area (Å²) in [7, 11) is 0. The predicted octanol–water partition coefficient (Wildman–Crippen LogP) is -3.55. The van der Waals surface area contributed by atoms with E-state index in [1.807, 2.05) is 4.98 Å². The Morgan fingerprint density at radius 2 is 1.86 bits per heavy atom. The predicted molar refractivity (Wildman–Crippen MR) is 75.5 cm³/mol. The molecule has 0 aliphatic rings. The van der Waals surface area contributed by atoms with Gasteiger partial charge in [0.25, 0.3) is 5.56 Å². The van der Waals surface area contributed by atoms with Crippen LogP contribution in [0.2, 0.25) is 0 Å². The van der Waals surface area contributed by atoms with Crippen molar-refractivity contribution in [2.75, 3.05) is 18.5 Å². The van der Waals surface area contributed by atoms with E-state index in [1.165, 1.54) is 0 Å². The lowest BCUT2D eigenvalue weighted by molar-refractivity contribution is -0.102. The largest absolute Gasteiger partial charge is 0.394 e. The minimum Gasteiger partial charge on any atom is -0.394 e. The van der Waals surface area contributed by atoms with Gasteiger partial charge in [-0.1, -0.05) is 0 Å². The van der Waals surface area contributed by atoms with E-state index in [0.717, 1.165) is 6.21 Å². The van der Waals surface area contributed by atoms with Crippen molar-refractivity contribution in [2.45, 2.75) is 18.3 Å². The summed E-state index contributed by atoms with van der Waals surface area (Å²) in [5, 5.41) is 39.4. The lowest BCUT2D eigenvalue weighted by atomic mass is 10.1. The zero-order valence-corrected chi connectivity index (χ0v) is 11.3. The van der Waals surface area contributed by atoms with Gasteiger partial charge in [0.05, 0.1) is 18.9 Å². The number of carbonyl (C=O) groups excluding carboxylic acids is 1. The fourth-order valence-corrected chi connectivity index (χ4v) is 1.53. The molecule has 0 radical (unpaired) electrons. The Morgan fingerprint density at radius 3 is 2.45 bits per heavy atom. The van der Waals surface area contributed by atoms with E-state index in [1.54, 1.807) is 0 Å². The molecule has 3 atom stereocenters. The minimum atomic E-state index is -1.65. The quantitative estimate of drug-likeness (QED) is 0.189. The van der Waals surface area contributed by atoms with Gasteiger partial charge in [0.2, 0.25) is 0 Å². The Balaban J connectivity index is 2.93. The molecule has 0 amide bonds. The summed E-state index contributed by atoms with van der Waals surface area (Å²) in [6.07, 6.45) is -3.59. The normalized spacial score (nSPS) is 15.5. The number of aromatic amines is 2. The highest BCUT2D eigenvalue weighted by Crippen LogP contribution is 2.14. The number of aliphatic hydroxyl groups excluding tert-OH is 4. The van der Waals surface area contributed by atoms with Crippen molar-refractivity contribution in [2.24, 2.45) is 4.99 Å². The van der Waals surface area contributed by atoms with E-state index in [4.69, 9.17) is 5.11 Å². The lowest BCUT2D eigenvalue weighted by Crippen LogP contribution is -2.43. The summed E-state index contributed by atoms with van der Waals surface area (Å²) in [4.78, 5) is 40.7. The van der Waals surface area contributed by atoms with Crippen LogP contribution in [0.25, 0.3) is 0 Å². The van der Waals surface area contributed by atoms with E-state index in [-0.39, 0.29) is 18.1 Å². The molecule has 1 heterocycles. The molecule has 0 saturated carbocycles. The maximum absolute atomic E-state index is 11.6. The van der Waals surface area contributed by atoms with Crippen molar-refractivity contribution in [1.82, 2.24) is 9.97 Å². The smallest absolute Gasteiger partial charge is 0.327 e. The molecule has 11 nitrogen and oxygen atoms in total. The van der Waals surface area contributed by atoms with Crippen LogP contribution >= 0.6 is 0 Å². The molecular formula is C11H16N4O7. The number of aromatic nitrogens is 2. The molecule has 0 aromatic carbocycles. The van der Waals surface area contributed by atoms with Crippen LogP contribution in [0.1, 0.15) is 0 Å².